The lowest BCUT2D eigenvalue weighted by Gasteiger charge is -2.23. The molecule has 7 nitrogen and oxygen atoms in total. The Morgan fingerprint density at radius 2 is 2.15 bits per heavy atom. The van der Waals surface area contributed by atoms with E-state index < -0.39 is 23.7 Å². The van der Waals surface area contributed by atoms with Gasteiger partial charge in [-0.1, -0.05) is 0 Å². The summed E-state index contributed by atoms with van der Waals surface area (Å²) in [6.07, 6.45) is 2.40. The number of carboxylic acid groups (broad SMARTS) is 1. The van der Waals surface area contributed by atoms with Crippen molar-refractivity contribution < 1.29 is 19.4 Å². The third-order valence-corrected chi connectivity index (χ3v) is 2.47. The van der Waals surface area contributed by atoms with Gasteiger partial charge in [-0.05, 0) is 27.7 Å². The van der Waals surface area contributed by atoms with Gasteiger partial charge in [0.2, 0.25) is 0 Å². The van der Waals surface area contributed by atoms with Crippen molar-refractivity contribution in [2.45, 2.75) is 52.3 Å². The Kier molecular flexibility index (Phi) is 5.12. The molecule has 1 aromatic rings. The predicted molar refractivity (Wildman–Crippen MR) is 72.3 cm³/mol. The first kappa shape index (κ1) is 16.0. The van der Waals surface area contributed by atoms with Crippen LogP contribution < -0.4 is 5.32 Å². The summed E-state index contributed by atoms with van der Waals surface area (Å²) in [5.74, 6) is -0.516. The van der Waals surface area contributed by atoms with E-state index in [4.69, 9.17) is 9.84 Å². The summed E-state index contributed by atoms with van der Waals surface area (Å²) in [4.78, 5) is 26.8. The quantitative estimate of drug-likeness (QED) is 0.861. The van der Waals surface area contributed by atoms with E-state index in [0.717, 1.165) is 0 Å². The number of carbonyl (C=O) groups excluding carboxylic acids is 1. The summed E-state index contributed by atoms with van der Waals surface area (Å²) >= 11 is 0. The van der Waals surface area contributed by atoms with Crippen LogP contribution in [0.15, 0.2) is 12.4 Å². The standard InChI is InChI=1S/C13H21N3O4/c1-5-16-7-6-14-11(16)9(8-10(17)18)15-12(19)20-13(2,3)4/h6-7,9H,5,8H2,1-4H3,(H,15,19)(H,17,18)/t9-/m0/s1. The van der Waals surface area contributed by atoms with Crippen molar-refractivity contribution >= 4 is 12.1 Å². The predicted octanol–water partition coefficient (Wildman–Crippen LogP) is 1.94. The summed E-state index contributed by atoms with van der Waals surface area (Å²) in [7, 11) is 0. The fourth-order valence-corrected chi connectivity index (χ4v) is 1.73. The van der Waals surface area contributed by atoms with Crippen molar-refractivity contribution in [1.29, 1.82) is 0 Å². The van der Waals surface area contributed by atoms with Crippen LogP contribution in [0.25, 0.3) is 0 Å². The molecule has 0 aliphatic heterocycles. The maximum absolute atomic E-state index is 11.8. The number of imidazole rings is 1. The van der Waals surface area contributed by atoms with Crippen LogP contribution in [-0.4, -0.2) is 32.3 Å². The molecule has 0 aromatic carbocycles. The highest BCUT2D eigenvalue weighted by molar-refractivity contribution is 5.71. The molecule has 20 heavy (non-hydrogen) atoms. The average Bonchev–Trinajstić information content (AvgIpc) is 2.72. The lowest BCUT2D eigenvalue weighted by molar-refractivity contribution is -0.137. The third kappa shape index (κ3) is 4.91. The molecule has 1 atom stereocenters. The lowest BCUT2D eigenvalue weighted by Crippen LogP contribution is -2.36. The largest absolute Gasteiger partial charge is 0.481 e. The molecule has 1 aromatic heterocycles. The highest BCUT2D eigenvalue weighted by atomic mass is 16.6. The number of hydrogen-bond acceptors (Lipinski definition) is 4. The van der Waals surface area contributed by atoms with Gasteiger partial charge in [-0.25, -0.2) is 9.78 Å². The monoisotopic (exact) mass is 283 g/mol. The van der Waals surface area contributed by atoms with Crippen LogP contribution in [0.2, 0.25) is 0 Å². The van der Waals surface area contributed by atoms with Gasteiger partial charge in [0, 0.05) is 18.9 Å². The van der Waals surface area contributed by atoms with Crippen LogP contribution >= 0.6 is 0 Å². The van der Waals surface area contributed by atoms with E-state index in [9.17, 15) is 9.59 Å². The number of nitrogens with one attached hydrogen (secondary N) is 1. The van der Waals surface area contributed by atoms with Crippen molar-refractivity contribution in [2.24, 2.45) is 0 Å². The number of ether oxygens (including phenoxy) is 1. The van der Waals surface area contributed by atoms with Gasteiger partial charge < -0.3 is 19.7 Å². The number of carboxylic acids is 1. The molecule has 0 saturated heterocycles. The maximum atomic E-state index is 11.8. The molecule has 2 N–H and O–H groups in total. The summed E-state index contributed by atoms with van der Waals surface area (Å²) in [5.41, 5.74) is -0.641. The molecule has 1 heterocycles. The van der Waals surface area contributed by atoms with Gasteiger partial charge in [-0.15, -0.1) is 0 Å². The molecule has 1 rings (SSSR count). The van der Waals surface area contributed by atoms with Gasteiger partial charge in [0.15, 0.2) is 0 Å². The van der Waals surface area contributed by atoms with E-state index in [2.05, 4.69) is 10.3 Å². The number of carbonyl (C=O) groups is 2. The first-order valence-electron chi connectivity index (χ1n) is 6.45. The van der Waals surface area contributed by atoms with Crippen LogP contribution in [-0.2, 0) is 16.1 Å². The van der Waals surface area contributed by atoms with E-state index in [-0.39, 0.29) is 6.42 Å². The zero-order chi connectivity index (χ0) is 15.3. The van der Waals surface area contributed by atoms with Gasteiger partial charge in [0.1, 0.15) is 17.5 Å². The Balaban J connectivity index is 2.85. The average molecular weight is 283 g/mol. The number of alkyl carbamates (subject to hydrolysis) is 1. The van der Waals surface area contributed by atoms with Gasteiger partial charge in [-0.3, -0.25) is 4.79 Å². The van der Waals surface area contributed by atoms with Crippen LogP contribution in [0.1, 0.15) is 46.0 Å². The minimum atomic E-state index is -1.02. The van der Waals surface area contributed by atoms with Crippen molar-refractivity contribution in [3.05, 3.63) is 18.2 Å². The molecule has 0 radical (unpaired) electrons. The van der Waals surface area contributed by atoms with Crippen molar-refractivity contribution in [3.63, 3.8) is 0 Å². The van der Waals surface area contributed by atoms with Gasteiger partial charge in [0.05, 0.1) is 6.42 Å². The minimum absolute atomic E-state index is 0.254. The molecular formula is C13H21N3O4. The molecule has 112 valence electrons. The molecule has 0 aliphatic rings. The summed E-state index contributed by atoms with van der Waals surface area (Å²) in [6.45, 7) is 7.78. The number of aromatic nitrogens is 2. The SMILES string of the molecule is CCn1ccnc1[C@H](CC(=O)O)NC(=O)OC(C)(C)C. The first-order valence-corrected chi connectivity index (χ1v) is 6.45. The maximum Gasteiger partial charge on any atom is 0.408 e. The molecule has 0 bridgehead atoms. The number of aryl methyl sites for hydroxylation is 1. The Bertz CT molecular complexity index is 476. The topological polar surface area (TPSA) is 93.5 Å². The molecule has 7 heteroatoms. The van der Waals surface area contributed by atoms with Crippen molar-refractivity contribution in [3.8, 4) is 0 Å². The Morgan fingerprint density at radius 3 is 2.65 bits per heavy atom. The van der Waals surface area contributed by atoms with E-state index in [1.54, 1.807) is 37.7 Å². The normalized spacial score (nSPS) is 12.8. The van der Waals surface area contributed by atoms with Crippen LogP contribution in [0.5, 0.6) is 0 Å². The zero-order valence-electron chi connectivity index (χ0n) is 12.2. The Labute approximate surface area is 118 Å². The molecule has 0 aliphatic carbocycles. The second-order valence-corrected chi connectivity index (χ2v) is 5.37. The van der Waals surface area contributed by atoms with Crippen LogP contribution in [0.4, 0.5) is 4.79 Å². The van der Waals surface area contributed by atoms with E-state index in [0.29, 0.717) is 12.4 Å². The number of hydrogen-bond donors (Lipinski definition) is 2. The molecule has 0 saturated carbocycles. The van der Waals surface area contributed by atoms with E-state index in [1.807, 2.05) is 6.92 Å². The van der Waals surface area contributed by atoms with Crippen LogP contribution in [0.3, 0.4) is 0 Å². The summed E-state index contributed by atoms with van der Waals surface area (Å²) in [5, 5.41) is 11.5. The van der Waals surface area contributed by atoms with Gasteiger partial charge >= 0.3 is 12.1 Å². The molecule has 1 amide bonds. The molecular weight excluding hydrogens is 262 g/mol. The second kappa shape index (κ2) is 6.40. The van der Waals surface area contributed by atoms with Crippen molar-refractivity contribution in [1.82, 2.24) is 14.9 Å². The smallest absolute Gasteiger partial charge is 0.408 e. The Morgan fingerprint density at radius 1 is 1.50 bits per heavy atom. The fraction of sp³-hybridized carbons (Fsp3) is 0.615. The fourth-order valence-electron chi connectivity index (χ4n) is 1.73. The third-order valence-electron chi connectivity index (χ3n) is 2.47. The summed E-state index contributed by atoms with van der Waals surface area (Å²) in [6, 6.07) is -0.725. The molecule has 0 unspecified atom stereocenters. The van der Waals surface area contributed by atoms with Gasteiger partial charge in [0.25, 0.3) is 0 Å². The summed E-state index contributed by atoms with van der Waals surface area (Å²) < 4.78 is 6.92. The molecule has 0 spiro atoms. The van der Waals surface area contributed by atoms with Crippen LogP contribution in [0, 0.1) is 0 Å². The van der Waals surface area contributed by atoms with Gasteiger partial charge in [-0.2, -0.15) is 0 Å². The molecule has 0 fully saturated rings. The number of rotatable bonds is 5. The Hall–Kier alpha value is -2.05. The zero-order valence-corrected chi connectivity index (χ0v) is 12.2. The number of aliphatic carboxylic acids is 1. The number of amides is 1. The second-order valence-electron chi connectivity index (χ2n) is 5.37. The highest BCUT2D eigenvalue weighted by Crippen LogP contribution is 2.17. The van der Waals surface area contributed by atoms with Crippen molar-refractivity contribution in [2.75, 3.05) is 0 Å². The minimum Gasteiger partial charge on any atom is -0.481 e. The number of nitrogens with zero attached hydrogens (tertiary/aromatic N) is 2. The highest BCUT2D eigenvalue weighted by Gasteiger charge is 2.25. The first-order chi connectivity index (χ1) is 9.23. The van der Waals surface area contributed by atoms with E-state index in [1.165, 1.54) is 0 Å². The van der Waals surface area contributed by atoms with E-state index >= 15 is 0 Å². The lowest BCUT2D eigenvalue weighted by atomic mass is 10.2.